The van der Waals surface area contributed by atoms with E-state index in [1.807, 2.05) is 18.2 Å². The van der Waals surface area contributed by atoms with Crippen LogP contribution in [-0.2, 0) is 4.79 Å². The van der Waals surface area contributed by atoms with Crippen molar-refractivity contribution in [3.63, 3.8) is 0 Å². The second-order valence-corrected chi connectivity index (χ2v) is 6.91. The maximum Gasteiger partial charge on any atom is 0.241 e. The summed E-state index contributed by atoms with van der Waals surface area (Å²) in [7, 11) is 0. The predicted octanol–water partition coefficient (Wildman–Crippen LogP) is 2.65. The van der Waals surface area contributed by atoms with Crippen LogP contribution in [0.25, 0.3) is 0 Å². The van der Waals surface area contributed by atoms with Gasteiger partial charge in [-0.2, -0.15) is 0 Å². The standard InChI is InChI=1S/C19H29N3O/c1-16-14-20-12-13-21(16)15-19(23)22(17-8-4-2-5-9-17)18-10-6-3-7-11-18/h2,4-5,8-9,16,18,20H,3,6-7,10-15H2,1H3/t16-/m0/s1. The van der Waals surface area contributed by atoms with Crippen molar-refractivity contribution in [3.05, 3.63) is 30.3 Å². The number of para-hydroxylation sites is 1. The lowest BCUT2D eigenvalue weighted by Crippen LogP contribution is -2.54. The molecule has 0 bridgehead atoms. The molecule has 1 aromatic rings. The van der Waals surface area contributed by atoms with Crippen molar-refractivity contribution in [2.45, 2.75) is 51.1 Å². The highest BCUT2D eigenvalue weighted by molar-refractivity contribution is 5.95. The van der Waals surface area contributed by atoms with Crippen molar-refractivity contribution in [3.8, 4) is 0 Å². The van der Waals surface area contributed by atoms with Crippen LogP contribution in [0.1, 0.15) is 39.0 Å². The van der Waals surface area contributed by atoms with E-state index in [1.165, 1.54) is 19.3 Å². The first-order valence-corrected chi connectivity index (χ1v) is 9.07. The normalized spacial score (nSPS) is 23.6. The number of hydrogen-bond acceptors (Lipinski definition) is 3. The molecule has 1 amide bonds. The highest BCUT2D eigenvalue weighted by Crippen LogP contribution is 2.27. The molecule has 1 saturated heterocycles. The molecule has 126 valence electrons. The number of nitrogens with zero attached hydrogens (tertiary/aromatic N) is 2. The van der Waals surface area contributed by atoms with Crippen molar-refractivity contribution in [1.29, 1.82) is 0 Å². The van der Waals surface area contributed by atoms with Gasteiger partial charge in [0.05, 0.1) is 6.54 Å². The zero-order chi connectivity index (χ0) is 16.1. The number of amides is 1. The van der Waals surface area contributed by atoms with E-state index in [1.54, 1.807) is 0 Å². The van der Waals surface area contributed by atoms with Crippen LogP contribution in [0.15, 0.2) is 30.3 Å². The molecule has 0 unspecified atom stereocenters. The Morgan fingerprint density at radius 1 is 1.22 bits per heavy atom. The third-order valence-electron chi connectivity index (χ3n) is 5.22. The van der Waals surface area contributed by atoms with E-state index >= 15 is 0 Å². The van der Waals surface area contributed by atoms with Crippen LogP contribution in [0.2, 0.25) is 0 Å². The second kappa shape index (κ2) is 7.93. The first-order chi connectivity index (χ1) is 11.3. The van der Waals surface area contributed by atoms with Gasteiger partial charge in [0.25, 0.3) is 0 Å². The summed E-state index contributed by atoms with van der Waals surface area (Å²) in [5.41, 5.74) is 1.06. The van der Waals surface area contributed by atoms with Gasteiger partial charge in [-0.1, -0.05) is 37.5 Å². The van der Waals surface area contributed by atoms with Crippen LogP contribution >= 0.6 is 0 Å². The SMILES string of the molecule is C[C@H]1CNCCN1CC(=O)N(c1ccccc1)C1CCCCC1. The quantitative estimate of drug-likeness (QED) is 0.928. The van der Waals surface area contributed by atoms with Crippen LogP contribution in [0.5, 0.6) is 0 Å². The zero-order valence-electron chi connectivity index (χ0n) is 14.2. The Labute approximate surface area is 139 Å². The Hall–Kier alpha value is -1.39. The molecule has 23 heavy (non-hydrogen) atoms. The molecule has 2 aliphatic rings. The average Bonchev–Trinajstić information content (AvgIpc) is 2.59. The number of benzene rings is 1. The van der Waals surface area contributed by atoms with Gasteiger partial charge in [-0.05, 0) is 31.9 Å². The Bertz CT molecular complexity index is 499. The van der Waals surface area contributed by atoms with Crippen molar-refractivity contribution in [1.82, 2.24) is 10.2 Å². The molecule has 1 aliphatic heterocycles. The molecule has 0 radical (unpaired) electrons. The monoisotopic (exact) mass is 315 g/mol. The lowest BCUT2D eigenvalue weighted by atomic mass is 9.93. The minimum absolute atomic E-state index is 0.261. The highest BCUT2D eigenvalue weighted by Gasteiger charge is 2.29. The molecule has 1 N–H and O–H groups in total. The molecule has 4 heteroatoms. The molecule has 1 heterocycles. The summed E-state index contributed by atoms with van der Waals surface area (Å²) >= 11 is 0. The fraction of sp³-hybridized carbons (Fsp3) is 0.632. The van der Waals surface area contributed by atoms with E-state index in [9.17, 15) is 4.79 Å². The first kappa shape index (κ1) is 16.5. The topological polar surface area (TPSA) is 35.6 Å². The van der Waals surface area contributed by atoms with Gasteiger partial charge < -0.3 is 10.2 Å². The van der Waals surface area contributed by atoms with Gasteiger partial charge in [-0.25, -0.2) is 0 Å². The summed E-state index contributed by atoms with van der Waals surface area (Å²) < 4.78 is 0. The summed E-state index contributed by atoms with van der Waals surface area (Å²) in [5, 5.41) is 3.40. The predicted molar refractivity (Wildman–Crippen MR) is 94.7 cm³/mol. The maximum absolute atomic E-state index is 13.1. The van der Waals surface area contributed by atoms with Crippen LogP contribution in [0.3, 0.4) is 0 Å². The highest BCUT2D eigenvalue weighted by atomic mass is 16.2. The maximum atomic E-state index is 13.1. The zero-order valence-corrected chi connectivity index (χ0v) is 14.2. The number of rotatable bonds is 4. The van der Waals surface area contributed by atoms with Crippen LogP contribution in [-0.4, -0.2) is 49.1 Å². The molecule has 1 aliphatic carbocycles. The summed E-state index contributed by atoms with van der Waals surface area (Å²) in [6, 6.07) is 11.0. The van der Waals surface area contributed by atoms with Crippen LogP contribution in [0.4, 0.5) is 5.69 Å². The van der Waals surface area contributed by atoms with Gasteiger partial charge in [-0.3, -0.25) is 9.69 Å². The number of carbonyl (C=O) groups is 1. The van der Waals surface area contributed by atoms with Crippen molar-refractivity contribution < 1.29 is 4.79 Å². The van der Waals surface area contributed by atoms with Gasteiger partial charge in [0.2, 0.25) is 5.91 Å². The average molecular weight is 315 g/mol. The smallest absolute Gasteiger partial charge is 0.241 e. The lowest BCUT2D eigenvalue weighted by molar-refractivity contribution is -0.121. The molecule has 1 saturated carbocycles. The van der Waals surface area contributed by atoms with E-state index < -0.39 is 0 Å². The van der Waals surface area contributed by atoms with Crippen molar-refractivity contribution >= 4 is 11.6 Å². The Morgan fingerprint density at radius 3 is 2.65 bits per heavy atom. The molecule has 0 aromatic heterocycles. The van der Waals surface area contributed by atoms with E-state index in [4.69, 9.17) is 0 Å². The summed E-state index contributed by atoms with van der Waals surface area (Å²) in [5.74, 6) is 0.261. The Balaban J connectivity index is 1.75. The molecule has 2 fully saturated rings. The minimum Gasteiger partial charge on any atom is -0.314 e. The van der Waals surface area contributed by atoms with Crippen molar-refractivity contribution in [2.75, 3.05) is 31.1 Å². The Morgan fingerprint density at radius 2 is 1.96 bits per heavy atom. The number of nitrogens with one attached hydrogen (secondary N) is 1. The van der Waals surface area contributed by atoms with E-state index in [0.29, 0.717) is 18.6 Å². The van der Waals surface area contributed by atoms with E-state index in [2.05, 4.69) is 34.2 Å². The molecular formula is C19H29N3O. The number of carbonyl (C=O) groups excluding carboxylic acids is 1. The number of anilines is 1. The second-order valence-electron chi connectivity index (χ2n) is 6.91. The molecular weight excluding hydrogens is 286 g/mol. The summed E-state index contributed by atoms with van der Waals surface area (Å²) in [6.45, 7) is 5.65. The molecule has 1 aromatic carbocycles. The molecule has 0 spiro atoms. The van der Waals surface area contributed by atoms with Gasteiger partial charge in [0.15, 0.2) is 0 Å². The van der Waals surface area contributed by atoms with Crippen LogP contribution in [0, 0.1) is 0 Å². The van der Waals surface area contributed by atoms with Gasteiger partial charge in [0.1, 0.15) is 0 Å². The van der Waals surface area contributed by atoms with E-state index in [0.717, 1.165) is 38.2 Å². The largest absolute Gasteiger partial charge is 0.314 e. The van der Waals surface area contributed by atoms with Gasteiger partial charge in [-0.15, -0.1) is 0 Å². The number of hydrogen-bond donors (Lipinski definition) is 1. The first-order valence-electron chi connectivity index (χ1n) is 9.07. The van der Waals surface area contributed by atoms with E-state index in [-0.39, 0.29) is 5.91 Å². The molecule has 3 rings (SSSR count). The van der Waals surface area contributed by atoms with Crippen molar-refractivity contribution in [2.24, 2.45) is 0 Å². The van der Waals surface area contributed by atoms with Gasteiger partial charge in [0, 0.05) is 37.4 Å². The Kier molecular flexibility index (Phi) is 5.68. The summed E-state index contributed by atoms with van der Waals surface area (Å²) in [6.07, 6.45) is 6.06. The minimum atomic E-state index is 0.261. The molecule has 1 atom stereocenters. The fourth-order valence-electron chi connectivity index (χ4n) is 3.85. The molecule has 4 nitrogen and oxygen atoms in total. The third kappa shape index (κ3) is 4.12. The third-order valence-corrected chi connectivity index (χ3v) is 5.22. The fourth-order valence-corrected chi connectivity index (χ4v) is 3.85. The van der Waals surface area contributed by atoms with Gasteiger partial charge >= 0.3 is 0 Å². The number of piperazine rings is 1. The summed E-state index contributed by atoms with van der Waals surface area (Å²) in [4.78, 5) is 17.5. The lowest BCUT2D eigenvalue weighted by Gasteiger charge is -2.38. The van der Waals surface area contributed by atoms with Crippen LogP contribution < -0.4 is 10.2 Å².